The number of carbonyl (C=O) groups excluding carboxylic acids is 1. The van der Waals surface area contributed by atoms with Crippen molar-refractivity contribution in [1.29, 1.82) is 0 Å². The molecule has 0 bridgehead atoms. The highest BCUT2D eigenvalue weighted by molar-refractivity contribution is 7.10. The molecule has 2 rings (SSSR count). The third kappa shape index (κ3) is 3.89. The first-order valence-electron chi connectivity index (χ1n) is 6.29. The van der Waals surface area contributed by atoms with Crippen molar-refractivity contribution in [1.82, 2.24) is 4.90 Å². The lowest BCUT2D eigenvalue weighted by molar-refractivity contribution is -0.133. The van der Waals surface area contributed by atoms with Gasteiger partial charge in [-0.15, -0.1) is 22.7 Å². The van der Waals surface area contributed by atoms with Crippen molar-refractivity contribution in [2.24, 2.45) is 5.73 Å². The van der Waals surface area contributed by atoms with Crippen molar-refractivity contribution in [3.05, 3.63) is 44.8 Å². The van der Waals surface area contributed by atoms with E-state index in [1.54, 1.807) is 22.7 Å². The number of rotatable bonds is 6. The minimum atomic E-state index is -0.403. The molecule has 2 aromatic rings. The van der Waals surface area contributed by atoms with E-state index in [0.717, 1.165) is 0 Å². The zero-order valence-electron chi connectivity index (χ0n) is 10.9. The molecule has 0 saturated carbocycles. The number of hydrogen-bond donors (Lipinski definition) is 1. The van der Waals surface area contributed by atoms with Gasteiger partial charge < -0.3 is 10.6 Å². The summed E-state index contributed by atoms with van der Waals surface area (Å²) in [6, 6.07) is 7.72. The predicted molar refractivity (Wildman–Crippen MR) is 81.2 cm³/mol. The molecule has 1 atom stereocenters. The molecule has 1 amide bonds. The average molecular weight is 294 g/mol. The summed E-state index contributed by atoms with van der Waals surface area (Å²) in [7, 11) is 0. The molecular weight excluding hydrogens is 276 g/mol. The molecule has 0 fully saturated rings. The highest BCUT2D eigenvalue weighted by atomic mass is 32.1. The number of nitrogens with zero attached hydrogens (tertiary/aromatic N) is 1. The Morgan fingerprint density at radius 3 is 2.11 bits per heavy atom. The molecule has 2 N–H and O–H groups in total. The molecule has 0 aromatic carbocycles. The maximum absolute atomic E-state index is 12.3. The highest BCUT2D eigenvalue weighted by Gasteiger charge is 2.20. The molecular formula is C14H18N2OS2. The second-order valence-corrected chi connectivity index (χ2v) is 6.43. The first-order chi connectivity index (χ1) is 9.20. The summed E-state index contributed by atoms with van der Waals surface area (Å²) >= 11 is 3.34. The first kappa shape index (κ1) is 14.2. The van der Waals surface area contributed by atoms with E-state index in [2.05, 4.69) is 12.1 Å². The normalized spacial score (nSPS) is 12.3. The zero-order valence-corrected chi connectivity index (χ0v) is 12.5. The molecule has 5 heteroatoms. The van der Waals surface area contributed by atoms with Crippen LogP contribution in [0.3, 0.4) is 0 Å². The lowest BCUT2D eigenvalue weighted by atomic mass is 10.2. The third-order valence-electron chi connectivity index (χ3n) is 2.92. The van der Waals surface area contributed by atoms with Crippen molar-refractivity contribution < 1.29 is 4.79 Å². The van der Waals surface area contributed by atoms with Crippen molar-refractivity contribution >= 4 is 28.6 Å². The van der Waals surface area contributed by atoms with Crippen LogP contribution in [0.4, 0.5) is 0 Å². The fourth-order valence-corrected chi connectivity index (χ4v) is 3.24. The van der Waals surface area contributed by atoms with Crippen LogP contribution in [0.2, 0.25) is 0 Å². The Balaban J connectivity index is 2.10. The number of hydrogen-bond acceptors (Lipinski definition) is 4. The molecule has 102 valence electrons. The molecule has 0 saturated heterocycles. The van der Waals surface area contributed by atoms with E-state index in [9.17, 15) is 4.79 Å². The fraction of sp³-hybridized carbons (Fsp3) is 0.357. The van der Waals surface area contributed by atoms with E-state index in [1.807, 2.05) is 34.7 Å². The van der Waals surface area contributed by atoms with Crippen LogP contribution in [0.15, 0.2) is 35.0 Å². The van der Waals surface area contributed by atoms with E-state index >= 15 is 0 Å². The third-order valence-corrected chi connectivity index (χ3v) is 4.64. The maximum Gasteiger partial charge on any atom is 0.240 e. The zero-order chi connectivity index (χ0) is 13.7. The van der Waals surface area contributed by atoms with Gasteiger partial charge in [0, 0.05) is 9.75 Å². The van der Waals surface area contributed by atoms with Crippen LogP contribution in [-0.4, -0.2) is 16.8 Å². The summed E-state index contributed by atoms with van der Waals surface area (Å²) in [5, 5.41) is 4.06. The summed E-state index contributed by atoms with van der Waals surface area (Å²) < 4.78 is 0. The second-order valence-electron chi connectivity index (χ2n) is 4.37. The Hall–Kier alpha value is -1.17. The molecule has 0 spiro atoms. The Morgan fingerprint density at radius 1 is 1.21 bits per heavy atom. The standard InChI is InChI=1S/C14H18N2OS2/c1-2-13(15)14(17)16(9-11-5-3-7-18-11)10-12-6-4-8-19-12/h3-8,13H,2,9-10,15H2,1H3/t13-/m1/s1. The second kappa shape index (κ2) is 6.84. The van der Waals surface area contributed by atoms with Gasteiger partial charge in [0.25, 0.3) is 0 Å². The Bertz CT molecular complexity index is 457. The lowest BCUT2D eigenvalue weighted by Gasteiger charge is -2.24. The van der Waals surface area contributed by atoms with Crippen LogP contribution < -0.4 is 5.73 Å². The minimum Gasteiger partial charge on any atom is -0.331 e. The summed E-state index contributed by atoms with van der Waals surface area (Å²) in [6.07, 6.45) is 0.671. The van der Waals surface area contributed by atoms with Crippen molar-refractivity contribution in [2.45, 2.75) is 32.5 Å². The van der Waals surface area contributed by atoms with Crippen molar-refractivity contribution in [2.75, 3.05) is 0 Å². The predicted octanol–water partition coefficient (Wildman–Crippen LogP) is 3.08. The van der Waals surface area contributed by atoms with E-state index in [4.69, 9.17) is 5.73 Å². The van der Waals surface area contributed by atoms with Gasteiger partial charge in [0.2, 0.25) is 5.91 Å². The summed E-state index contributed by atoms with van der Waals surface area (Å²) in [6.45, 7) is 3.22. The van der Waals surface area contributed by atoms with Gasteiger partial charge >= 0.3 is 0 Å². The van der Waals surface area contributed by atoms with Crippen LogP contribution in [0, 0.1) is 0 Å². The average Bonchev–Trinajstić information content (AvgIpc) is 3.09. The van der Waals surface area contributed by atoms with E-state index in [1.165, 1.54) is 9.75 Å². The van der Waals surface area contributed by atoms with Crippen LogP contribution in [-0.2, 0) is 17.9 Å². The van der Waals surface area contributed by atoms with Gasteiger partial charge in [-0.2, -0.15) is 0 Å². The molecule has 3 nitrogen and oxygen atoms in total. The number of amides is 1. The Kier molecular flexibility index (Phi) is 5.13. The molecule has 2 heterocycles. The largest absolute Gasteiger partial charge is 0.331 e. The van der Waals surface area contributed by atoms with Crippen LogP contribution in [0.5, 0.6) is 0 Å². The van der Waals surface area contributed by atoms with Crippen LogP contribution in [0.25, 0.3) is 0 Å². The summed E-state index contributed by atoms with van der Waals surface area (Å²) in [5.74, 6) is 0.0318. The fourth-order valence-electron chi connectivity index (χ4n) is 1.80. The maximum atomic E-state index is 12.3. The van der Waals surface area contributed by atoms with Crippen LogP contribution >= 0.6 is 22.7 Å². The minimum absolute atomic E-state index is 0.0318. The molecule has 19 heavy (non-hydrogen) atoms. The smallest absolute Gasteiger partial charge is 0.240 e. The molecule has 0 aliphatic heterocycles. The molecule has 0 aliphatic rings. The SMILES string of the molecule is CC[C@@H](N)C(=O)N(Cc1cccs1)Cc1cccs1. The van der Waals surface area contributed by atoms with E-state index < -0.39 is 6.04 Å². The lowest BCUT2D eigenvalue weighted by Crippen LogP contribution is -2.42. The van der Waals surface area contributed by atoms with Gasteiger partial charge in [-0.3, -0.25) is 4.79 Å². The molecule has 0 aliphatic carbocycles. The summed E-state index contributed by atoms with van der Waals surface area (Å²) in [5.41, 5.74) is 5.89. The van der Waals surface area contributed by atoms with Gasteiger partial charge in [-0.1, -0.05) is 19.1 Å². The van der Waals surface area contributed by atoms with E-state index in [-0.39, 0.29) is 5.91 Å². The van der Waals surface area contributed by atoms with Gasteiger partial charge in [-0.25, -0.2) is 0 Å². The quantitative estimate of drug-likeness (QED) is 0.890. The summed E-state index contributed by atoms with van der Waals surface area (Å²) in [4.78, 5) is 16.6. The van der Waals surface area contributed by atoms with Gasteiger partial charge in [0.05, 0.1) is 19.1 Å². The molecule has 0 unspecified atom stereocenters. The van der Waals surface area contributed by atoms with Crippen molar-refractivity contribution in [3.8, 4) is 0 Å². The van der Waals surface area contributed by atoms with Crippen LogP contribution in [0.1, 0.15) is 23.1 Å². The first-order valence-corrected chi connectivity index (χ1v) is 8.05. The molecule has 2 aromatic heterocycles. The van der Waals surface area contributed by atoms with Gasteiger partial charge in [-0.05, 0) is 29.3 Å². The van der Waals surface area contributed by atoms with Gasteiger partial charge in [0.1, 0.15) is 0 Å². The molecule has 0 radical (unpaired) electrons. The highest BCUT2D eigenvalue weighted by Crippen LogP contribution is 2.18. The monoisotopic (exact) mass is 294 g/mol. The van der Waals surface area contributed by atoms with E-state index in [0.29, 0.717) is 19.5 Å². The van der Waals surface area contributed by atoms with Gasteiger partial charge in [0.15, 0.2) is 0 Å². The number of thiophene rings is 2. The topological polar surface area (TPSA) is 46.3 Å². The van der Waals surface area contributed by atoms with Crippen molar-refractivity contribution in [3.63, 3.8) is 0 Å². The number of nitrogens with two attached hydrogens (primary N) is 1. The Labute approximate surface area is 121 Å². The number of carbonyl (C=O) groups is 1. The Morgan fingerprint density at radius 2 is 1.74 bits per heavy atom.